The van der Waals surface area contributed by atoms with Gasteiger partial charge in [0.05, 0.1) is 0 Å². The van der Waals surface area contributed by atoms with Crippen molar-refractivity contribution < 1.29 is 0 Å². The topological polar surface area (TPSA) is 24.9 Å². The first kappa shape index (κ1) is 11.4. The predicted molar refractivity (Wildman–Crippen MR) is 75.5 cm³/mol. The Morgan fingerprint density at radius 2 is 1.94 bits per heavy atom. The number of pyridine rings is 1. The molecule has 1 heterocycles. The molecule has 0 spiro atoms. The lowest BCUT2D eigenvalue weighted by Gasteiger charge is -2.09. The summed E-state index contributed by atoms with van der Waals surface area (Å²) >= 11 is 2.33. The normalized spacial score (nSPS) is 10.1. The molecule has 0 aliphatic carbocycles. The van der Waals surface area contributed by atoms with E-state index in [2.05, 4.69) is 58.0 Å². The number of nitrogens with zero attached hydrogens (tertiary/aromatic N) is 1. The third kappa shape index (κ3) is 2.95. The van der Waals surface area contributed by atoms with Gasteiger partial charge in [0.1, 0.15) is 0 Å². The number of rotatable bonds is 3. The van der Waals surface area contributed by atoms with Crippen LogP contribution in [-0.4, -0.2) is 4.98 Å². The van der Waals surface area contributed by atoms with E-state index in [9.17, 15) is 0 Å². The molecule has 0 aliphatic rings. The molecule has 1 aromatic heterocycles. The Bertz CT molecular complexity index is 469. The second kappa shape index (κ2) is 5.30. The fraction of sp³-hybridized carbons (Fsp3) is 0.154. The molecule has 0 amide bonds. The third-order valence-electron chi connectivity index (χ3n) is 2.42. The maximum Gasteiger partial charge on any atom is 0.0401 e. The van der Waals surface area contributed by atoms with Gasteiger partial charge in [-0.05, 0) is 71.0 Å². The van der Waals surface area contributed by atoms with E-state index in [1.165, 1.54) is 20.4 Å². The van der Waals surface area contributed by atoms with Crippen molar-refractivity contribution in [3.63, 3.8) is 0 Å². The van der Waals surface area contributed by atoms with Crippen LogP contribution in [0.15, 0.2) is 42.7 Å². The molecule has 2 aromatic rings. The lowest BCUT2D eigenvalue weighted by Crippen LogP contribution is -2.01. The van der Waals surface area contributed by atoms with Crippen molar-refractivity contribution in [2.75, 3.05) is 5.32 Å². The number of aromatic nitrogens is 1. The summed E-state index contributed by atoms with van der Waals surface area (Å²) < 4.78 is 1.27. The first-order chi connectivity index (χ1) is 7.75. The summed E-state index contributed by atoms with van der Waals surface area (Å²) in [6.07, 6.45) is 3.63. The first-order valence-corrected chi connectivity index (χ1v) is 6.22. The summed E-state index contributed by atoms with van der Waals surface area (Å²) in [5.74, 6) is 0. The molecule has 0 unspecified atom stereocenters. The van der Waals surface area contributed by atoms with Gasteiger partial charge in [-0.15, -0.1) is 0 Å². The monoisotopic (exact) mass is 324 g/mol. The molecular formula is C13H13IN2. The number of hydrogen-bond acceptors (Lipinski definition) is 2. The smallest absolute Gasteiger partial charge is 0.0401 e. The predicted octanol–water partition coefficient (Wildman–Crippen LogP) is 3.61. The van der Waals surface area contributed by atoms with Crippen molar-refractivity contribution in [3.8, 4) is 0 Å². The molecule has 3 heteroatoms. The van der Waals surface area contributed by atoms with Gasteiger partial charge in [0.25, 0.3) is 0 Å². The highest BCUT2D eigenvalue weighted by atomic mass is 127. The van der Waals surface area contributed by atoms with Gasteiger partial charge in [0.15, 0.2) is 0 Å². The van der Waals surface area contributed by atoms with Gasteiger partial charge >= 0.3 is 0 Å². The number of anilines is 1. The molecule has 0 saturated carbocycles. The van der Waals surface area contributed by atoms with Gasteiger partial charge in [-0.25, -0.2) is 0 Å². The standard InChI is InChI=1S/C13H13IN2/c1-10-8-12(14)2-3-13(10)16-9-11-4-6-15-7-5-11/h2-8,16H,9H2,1H3. The Balaban J connectivity index is 2.05. The molecule has 0 aliphatic heterocycles. The summed E-state index contributed by atoms with van der Waals surface area (Å²) in [6.45, 7) is 2.96. The number of halogens is 1. The Kier molecular flexibility index (Phi) is 3.77. The average molecular weight is 324 g/mol. The Hall–Kier alpha value is -1.10. The minimum absolute atomic E-state index is 0.837. The largest absolute Gasteiger partial charge is 0.381 e. The Morgan fingerprint density at radius 3 is 2.62 bits per heavy atom. The Labute approximate surface area is 109 Å². The minimum Gasteiger partial charge on any atom is -0.381 e. The fourth-order valence-corrected chi connectivity index (χ4v) is 2.17. The highest BCUT2D eigenvalue weighted by Gasteiger charge is 1.98. The van der Waals surface area contributed by atoms with Crippen LogP contribution in [0.3, 0.4) is 0 Å². The molecule has 82 valence electrons. The lowest BCUT2D eigenvalue weighted by atomic mass is 10.2. The van der Waals surface area contributed by atoms with E-state index in [0.29, 0.717) is 0 Å². The number of hydrogen-bond donors (Lipinski definition) is 1. The maximum atomic E-state index is 4.00. The summed E-state index contributed by atoms with van der Waals surface area (Å²) in [4.78, 5) is 4.00. The molecule has 0 radical (unpaired) electrons. The van der Waals surface area contributed by atoms with Crippen LogP contribution in [0, 0.1) is 10.5 Å². The quantitative estimate of drug-likeness (QED) is 0.873. The van der Waals surface area contributed by atoms with E-state index in [4.69, 9.17) is 0 Å². The van der Waals surface area contributed by atoms with Gasteiger partial charge < -0.3 is 5.32 Å². The van der Waals surface area contributed by atoms with E-state index in [-0.39, 0.29) is 0 Å². The van der Waals surface area contributed by atoms with Crippen molar-refractivity contribution >= 4 is 28.3 Å². The molecule has 16 heavy (non-hydrogen) atoms. The van der Waals surface area contributed by atoms with Crippen LogP contribution >= 0.6 is 22.6 Å². The van der Waals surface area contributed by atoms with Crippen LogP contribution in [0.5, 0.6) is 0 Å². The molecule has 2 rings (SSSR count). The highest BCUT2D eigenvalue weighted by Crippen LogP contribution is 2.18. The molecule has 1 aromatic carbocycles. The molecule has 2 nitrogen and oxygen atoms in total. The Morgan fingerprint density at radius 1 is 1.19 bits per heavy atom. The van der Waals surface area contributed by atoms with Crippen LogP contribution < -0.4 is 5.32 Å². The van der Waals surface area contributed by atoms with Crippen LogP contribution in [0.4, 0.5) is 5.69 Å². The summed E-state index contributed by atoms with van der Waals surface area (Å²) in [5, 5.41) is 3.43. The second-order valence-corrected chi connectivity index (χ2v) is 4.91. The van der Waals surface area contributed by atoms with Gasteiger partial charge in [-0.1, -0.05) is 0 Å². The zero-order valence-electron chi connectivity index (χ0n) is 9.07. The third-order valence-corrected chi connectivity index (χ3v) is 3.09. The zero-order chi connectivity index (χ0) is 11.4. The van der Waals surface area contributed by atoms with Crippen LogP contribution in [0.2, 0.25) is 0 Å². The van der Waals surface area contributed by atoms with Gasteiger partial charge in [0.2, 0.25) is 0 Å². The van der Waals surface area contributed by atoms with E-state index in [1.807, 2.05) is 24.5 Å². The molecule has 0 saturated heterocycles. The van der Waals surface area contributed by atoms with E-state index >= 15 is 0 Å². The first-order valence-electron chi connectivity index (χ1n) is 5.14. The average Bonchev–Trinajstić information content (AvgIpc) is 2.29. The highest BCUT2D eigenvalue weighted by molar-refractivity contribution is 14.1. The van der Waals surface area contributed by atoms with Crippen molar-refractivity contribution in [2.45, 2.75) is 13.5 Å². The summed E-state index contributed by atoms with van der Waals surface area (Å²) in [5.41, 5.74) is 3.71. The molecule has 0 fully saturated rings. The van der Waals surface area contributed by atoms with E-state index in [1.54, 1.807) is 0 Å². The zero-order valence-corrected chi connectivity index (χ0v) is 11.2. The fourth-order valence-electron chi connectivity index (χ4n) is 1.52. The SMILES string of the molecule is Cc1cc(I)ccc1NCc1ccncc1. The van der Waals surface area contributed by atoms with Gasteiger partial charge in [-0.3, -0.25) is 4.98 Å². The van der Waals surface area contributed by atoms with Gasteiger partial charge in [0, 0.05) is 28.2 Å². The molecule has 0 atom stereocenters. The van der Waals surface area contributed by atoms with E-state index in [0.717, 1.165) is 6.54 Å². The number of nitrogens with one attached hydrogen (secondary N) is 1. The van der Waals surface area contributed by atoms with Crippen LogP contribution in [0.25, 0.3) is 0 Å². The number of benzene rings is 1. The van der Waals surface area contributed by atoms with Crippen molar-refractivity contribution in [2.24, 2.45) is 0 Å². The van der Waals surface area contributed by atoms with Gasteiger partial charge in [-0.2, -0.15) is 0 Å². The molecule has 1 N–H and O–H groups in total. The number of aryl methyl sites for hydroxylation is 1. The summed E-state index contributed by atoms with van der Waals surface area (Å²) in [6, 6.07) is 10.5. The maximum absolute atomic E-state index is 4.00. The van der Waals surface area contributed by atoms with Crippen molar-refractivity contribution in [1.29, 1.82) is 0 Å². The van der Waals surface area contributed by atoms with Crippen LogP contribution in [0.1, 0.15) is 11.1 Å². The molecule has 0 bridgehead atoms. The summed E-state index contributed by atoms with van der Waals surface area (Å²) in [7, 11) is 0. The molecular weight excluding hydrogens is 311 g/mol. The van der Waals surface area contributed by atoms with Crippen LogP contribution in [-0.2, 0) is 6.54 Å². The van der Waals surface area contributed by atoms with Crippen molar-refractivity contribution in [3.05, 3.63) is 57.4 Å². The lowest BCUT2D eigenvalue weighted by molar-refractivity contribution is 1.12. The minimum atomic E-state index is 0.837. The van der Waals surface area contributed by atoms with Crippen molar-refractivity contribution in [1.82, 2.24) is 4.98 Å². The second-order valence-electron chi connectivity index (χ2n) is 3.67. The van der Waals surface area contributed by atoms with E-state index < -0.39 is 0 Å².